The number of carbonyl (C=O) groups excluding carboxylic acids is 3. The average Bonchev–Trinajstić information content (AvgIpc) is 2.94. The molecule has 0 aliphatic heterocycles. The van der Waals surface area contributed by atoms with Gasteiger partial charge in [-0.25, -0.2) is 10.2 Å². The van der Waals surface area contributed by atoms with Gasteiger partial charge in [-0.05, 0) is 72.3 Å². The lowest BCUT2D eigenvalue weighted by atomic mass is 10.2. The molecule has 0 aliphatic carbocycles. The molecule has 0 heterocycles. The Balaban J connectivity index is 1.32. The molecule has 0 aliphatic rings. The summed E-state index contributed by atoms with van der Waals surface area (Å²) in [6.45, 7) is 0. The molecule has 4 aromatic rings. The van der Waals surface area contributed by atoms with Gasteiger partial charge >= 0.3 is 5.97 Å². The van der Waals surface area contributed by atoms with Crippen LogP contribution in [0.25, 0.3) is 6.08 Å². The second-order valence-electron chi connectivity index (χ2n) is 7.94. The fourth-order valence-electron chi connectivity index (χ4n) is 3.27. The molecule has 0 aromatic heterocycles. The second kappa shape index (κ2) is 12.8. The Morgan fingerprint density at radius 1 is 0.763 bits per heavy atom. The highest BCUT2D eigenvalue weighted by Crippen LogP contribution is 2.19. The Kier molecular flexibility index (Phi) is 8.78. The number of amides is 2. The lowest BCUT2D eigenvalue weighted by Gasteiger charge is -2.07. The number of carbonyl (C=O) groups is 3. The number of esters is 1. The van der Waals surface area contributed by atoms with Crippen molar-refractivity contribution in [3.05, 3.63) is 136 Å². The first kappa shape index (κ1) is 26.1. The molecule has 0 atom stereocenters. The van der Waals surface area contributed by atoms with E-state index in [0.29, 0.717) is 27.4 Å². The van der Waals surface area contributed by atoms with Crippen LogP contribution in [-0.2, 0) is 4.79 Å². The van der Waals surface area contributed by atoms with E-state index < -0.39 is 11.9 Å². The summed E-state index contributed by atoms with van der Waals surface area (Å²) in [5, 5.41) is 7.24. The van der Waals surface area contributed by atoms with Gasteiger partial charge in [-0.1, -0.05) is 54.1 Å². The van der Waals surface area contributed by atoms with Crippen LogP contribution in [0, 0.1) is 0 Å². The number of anilines is 1. The van der Waals surface area contributed by atoms with Gasteiger partial charge in [0, 0.05) is 27.9 Å². The van der Waals surface area contributed by atoms with Crippen LogP contribution in [-0.4, -0.2) is 24.0 Å². The minimum absolute atomic E-state index is 0.284. The molecule has 38 heavy (non-hydrogen) atoms. The smallest absolute Gasteiger partial charge is 0.343 e. The Hall–Kier alpha value is -5.01. The summed E-state index contributed by atoms with van der Waals surface area (Å²) in [4.78, 5) is 37.1. The Morgan fingerprint density at radius 2 is 1.42 bits per heavy atom. The molecule has 4 aromatic carbocycles. The zero-order chi connectivity index (χ0) is 26.7. The third-order valence-electron chi connectivity index (χ3n) is 5.21. The summed E-state index contributed by atoms with van der Waals surface area (Å²) < 4.78 is 5.48. The van der Waals surface area contributed by atoms with Gasteiger partial charge in [0.05, 0.1) is 11.8 Å². The predicted molar refractivity (Wildman–Crippen MR) is 148 cm³/mol. The van der Waals surface area contributed by atoms with Crippen LogP contribution in [0.4, 0.5) is 5.69 Å². The van der Waals surface area contributed by atoms with Gasteiger partial charge in [-0.2, -0.15) is 5.10 Å². The maximum Gasteiger partial charge on any atom is 0.343 e. The molecule has 0 unspecified atom stereocenters. The summed E-state index contributed by atoms with van der Waals surface area (Å²) in [5.41, 5.74) is 5.10. The second-order valence-corrected chi connectivity index (χ2v) is 8.38. The molecule has 188 valence electrons. The molecule has 0 saturated heterocycles. The van der Waals surface area contributed by atoms with Crippen LogP contribution < -0.4 is 15.5 Å². The monoisotopic (exact) mass is 523 g/mol. The highest BCUT2D eigenvalue weighted by Gasteiger charge is 2.11. The van der Waals surface area contributed by atoms with E-state index in [9.17, 15) is 14.4 Å². The molecular formula is C30H22ClN3O4. The van der Waals surface area contributed by atoms with E-state index in [1.54, 1.807) is 78.9 Å². The van der Waals surface area contributed by atoms with Gasteiger partial charge in [0.15, 0.2) is 0 Å². The number of nitrogens with one attached hydrogen (secondary N) is 2. The van der Waals surface area contributed by atoms with Crippen molar-refractivity contribution in [2.45, 2.75) is 0 Å². The third kappa shape index (κ3) is 7.49. The van der Waals surface area contributed by atoms with E-state index in [2.05, 4.69) is 15.8 Å². The number of ether oxygens (including phenoxy) is 1. The minimum Gasteiger partial charge on any atom is -0.422 e. The van der Waals surface area contributed by atoms with E-state index in [1.807, 2.05) is 30.3 Å². The number of rotatable bonds is 8. The van der Waals surface area contributed by atoms with Crippen LogP contribution in [0.15, 0.2) is 114 Å². The predicted octanol–water partition coefficient (Wildman–Crippen LogP) is 5.98. The number of nitrogens with zero attached hydrogens (tertiary/aromatic N) is 1. The van der Waals surface area contributed by atoms with E-state index in [0.717, 1.165) is 5.56 Å². The van der Waals surface area contributed by atoms with Crippen molar-refractivity contribution in [2.24, 2.45) is 5.10 Å². The van der Waals surface area contributed by atoms with Crippen LogP contribution in [0.2, 0.25) is 5.02 Å². The maximum atomic E-state index is 12.5. The highest BCUT2D eigenvalue weighted by atomic mass is 35.5. The highest BCUT2D eigenvalue weighted by molar-refractivity contribution is 6.30. The van der Waals surface area contributed by atoms with Crippen molar-refractivity contribution < 1.29 is 19.1 Å². The van der Waals surface area contributed by atoms with Crippen molar-refractivity contribution >= 4 is 47.4 Å². The van der Waals surface area contributed by atoms with Gasteiger partial charge in [0.2, 0.25) is 5.91 Å². The van der Waals surface area contributed by atoms with E-state index in [-0.39, 0.29) is 11.7 Å². The molecule has 2 N–H and O–H groups in total. The minimum atomic E-state index is -0.547. The first-order valence-corrected chi connectivity index (χ1v) is 11.9. The first-order valence-electron chi connectivity index (χ1n) is 11.5. The van der Waals surface area contributed by atoms with Crippen molar-refractivity contribution in [3.63, 3.8) is 0 Å². The Bertz CT molecular complexity index is 1480. The number of para-hydroxylation sites is 1. The number of hydrazone groups is 1. The van der Waals surface area contributed by atoms with Gasteiger partial charge in [0.25, 0.3) is 5.91 Å². The molecule has 0 radical (unpaired) electrons. The molecule has 0 bridgehead atoms. The zero-order valence-electron chi connectivity index (χ0n) is 20.0. The van der Waals surface area contributed by atoms with Crippen molar-refractivity contribution in [1.29, 1.82) is 0 Å². The largest absolute Gasteiger partial charge is 0.422 e. The summed E-state index contributed by atoms with van der Waals surface area (Å²) >= 11 is 5.86. The van der Waals surface area contributed by atoms with E-state index >= 15 is 0 Å². The topological polar surface area (TPSA) is 96.9 Å². The molecule has 8 heteroatoms. The van der Waals surface area contributed by atoms with Crippen molar-refractivity contribution in [2.75, 3.05) is 5.32 Å². The normalized spacial score (nSPS) is 10.9. The number of benzene rings is 4. The first-order chi connectivity index (χ1) is 18.5. The van der Waals surface area contributed by atoms with Gasteiger partial charge in [0.1, 0.15) is 5.75 Å². The maximum absolute atomic E-state index is 12.5. The standard InChI is InChI=1S/C30H22ClN3O4/c31-25-15-11-23(12-16-25)30(37)38-27-9-5-4-8-24(27)20-32-34-29(36)22-13-17-26(18-14-22)33-28(35)19-10-21-6-2-1-3-7-21/h1-20H,(H,33,35)(H,34,36)/b19-10+,32-20-. The van der Waals surface area contributed by atoms with Gasteiger partial charge in [-0.3, -0.25) is 9.59 Å². The molecular weight excluding hydrogens is 502 g/mol. The lowest BCUT2D eigenvalue weighted by molar-refractivity contribution is -0.111. The quantitative estimate of drug-likeness (QED) is 0.0976. The zero-order valence-corrected chi connectivity index (χ0v) is 20.8. The molecule has 2 amide bonds. The molecule has 7 nitrogen and oxygen atoms in total. The fraction of sp³-hybridized carbons (Fsp3) is 0. The van der Waals surface area contributed by atoms with Crippen LogP contribution in [0.5, 0.6) is 5.75 Å². The Labute approximate surface area is 224 Å². The number of halogens is 1. The fourth-order valence-corrected chi connectivity index (χ4v) is 3.40. The van der Waals surface area contributed by atoms with Gasteiger partial charge in [-0.15, -0.1) is 0 Å². The lowest BCUT2D eigenvalue weighted by Crippen LogP contribution is -2.18. The average molecular weight is 524 g/mol. The van der Waals surface area contributed by atoms with Crippen LogP contribution >= 0.6 is 11.6 Å². The SMILES string of the molecule is O=C(/C=C/c1ccccc1)Nc1ccc(C(=O)N/N=C\c2ccccc2OC(=O)c2ccc(Cl)cc2)cc1. The number of hydrogen-bond acceptors (Lipinski definition) is 5. The van der Waals surface area contributed by atoms with Gasteiger partial charge < -0.3 is 10.1 Å². The molecule has 0 saturated carbocycles. The molecule has 0 spiro atoms. The summed E-state index contributed by atoms with van der Waals surface area (Å²) in [7, 11) is 0. The van der Waals surface area contributed by atoms with Crippen molar-refractivity contribution in [1.82, 2.24) is 5.43 Å². The summed E-state index contributed by atoms with van der Waals surface area (Å²) in [6.07, 6.45) is 4.54. The van der Waals surface area contributed by atoms with Crippen LogP contribution in [0.1, 0.15) is 31.8 Å². The molecule has 0 fully saturated rings. The Morgan fingerprint density at radius 3 is 2.16 bits per heavy atom. The van der Waals surface area contributed by atoms with Crippen molar-refractivity contribution in [3.8, 4) is 5.75 Å². The van der Waals surface area contributed by atoms with Crippen LogP contribution in [0.3, 0.4) is 0 Å². The molecule has 4 rings (SSSR count). The van der Waals surface area contributed by atoms with E-state index in [4.69, 9.17) is 16.3 Å². The third-order valence-corrected chi connectivity index (χ3v) is 5.46. The summed E-state index contributed by atoms with van der Waals surface area (Å²) in [5.74, 6) is -0.994. The van der Waals surface area contributed by atoms with E-state index in [1.165, 1.54) is 12.3 Å². The number of hydrogen-bond donors (Lipinski definition) is 2. The summed E-state index contributed by atoms with van der Waals surface area (Å²) in [6, 6.07) is 29.0.